The second-order valence-corrected chi connectivity index (χ2v) is 4.50. The molecule has 0 radical (unpaired) electrons. The number of ether oxygens (including phenoxy) is 1. The molecule has 1 N–H and O–H groups in total. The molecule has 0 aliphatic rings. The lowest BCUT2D eigenvalue weighted by Gasteiger charge is -2.16. The number of carbonyl (C=O) groups is 1. The molecule has 0 heterocycles. The van der Waals surface area contributed by atoms with E-state index in [1.54, 1.807) is 6.92 Å². The van der Waals surface area contributed by atoms with Gasteiger partial charge in [0, 0.05) is 5.33 Å². The molecule has 0 aromatic carbocycles. The number of carbonyl (C=O) groups excluding carboxylic acids is 1. The zero-order valence-electron chi connectivity index (χ0n) is 7.56. The molecule has 0 spiro atoms. The summed E-state index contributed by atoms with van der Waals surface area (Å²) in [5.41, 5.74) is 0. The Morgan fingerprint density at radius 3 is 2.38 bits per heavy atom. The Bertz CT molecular complexity index is 148. The molecule has 0 rings (SSSR count). The van der Waals surface area contributed by atoms with Crippen molar-refractivity contribution in [3.05, 3.63) is 13.2 Å². The topological polar surface area (TPSA) is 46.5 Å². The molecular weight excluding hydrogens is 304 g/mol. The summed E-state index contributed by atoms with van der Waals surface area (Å²) in [6.07, 6.45) is 0. The van der Waals surface area contributed by atoms with Gasteiger partial charge in [-0.25, -0.2) is 0 Å². The quantitative estimate of drug-likeness (QED) is 0.489. The van der Waals surface area contributed by atoms with Crippen molar-refractivity contribution in [2.45, 2.75) is 11.2 Å². The third-order valence-electron chi connectivity index (χ3n) is 1.00. The minimum absolute atomic E-state index is 0.0486. The van der Waals surface area contributed by atoms with Gasteiger partial charge in [0.15, 0.2) is 0 Å². The molecule has 0 bridgehead atoms. The molecule has 5 heteroatoms. The van der Waals surface area contributed by atoms with Gasteiger partial charge in [-0.2, -0.15) is 0 Å². The third-order valence-corrected chi connectivity index (χ3v) is 3.48. The van der Waals surface area contributed by atoms with Crippen LogP contribution in [0.25, 0.3) is 0 Å². The lowest BCUT2D eigenvalue weighted by Crippen LogP contribution is -2.32. The van der Waals surface area contributed by atoms with E-state index in [-0.39, 0.29) is 19.2 Å². The van der Waals surface area contributed by atoms with Crippen molar-refractivity contribution in [3.63, 3.8) is 0 Å². The summed E-state index contributed by atoms with van der Waals surface area (Å²) in [6.45, 7) is 7.60. The monoisotopic (exact) mass is 316 g/mol. The van der Waals surface area contributed by atoms with Crippen molar-refractivity contribution >= 4 is 37.8 Å². The molecule has 0 aromatic rings. The smallest absolute Gasteiger partial charge is 0.323 e. The van der Waals surface area contributed by atoms with Crippen molar-refractivity contribution < 1.29 is 14.6 Å². The highest BCUT2D eigenvalue weighted by atomic mass is 79.9. The molecular formula is C8H14Br2O3. The first-order valence-corrected chi connectivity index (χ1v) is 5.49. The Labute approximate surface area is 95.4 Å². The Kier molecular flexibility index (Phi) is 10.5. The van der Waals surface area contributed by atoms with E-state index in [9.17, 15) is 4.79 Å². The van der Waals surface area contributed by atoms with Crippen LogP contribution in [0.3, 0.4) is 0 Å². The SMILES string of the molecule is C=C.CC(Br)(CBr)C(=O)OCCO. The van der Waals surface area contributed by atoms with Crippen LogP contribution in [0.2, 0.25) is 0 Å². The van der Waals surface area contributed by atoms with Crippen LogP contribution >= 0.6 is 31.9 Å². The molecule has 0 saturated heterocycles. The van der Waals surface area contributed by atoms with Gasteiger partial charge in [0.1, 0.15) is 10.9 Å². The van der Waals surface area contributed by atoms with Crippen LogP contribution < -0.4 is 0 Å². The molecule has 78 valence electrons. The summed E-state index contributed by atoms with van der Waals surface area (Å²) in [7, 11) is 0. The molecule has 1 unspecified atom stereocenters. The number of esters is 1. The van der Waals surface area contributed by atoms with Crippen LogP contribution in [-0.2, 0) is 9.53 Å². The predicted octanol–water partition coefficient (Wildman–Crippen LogP) is 1.87. The van der Waals surface area contributed by atoms with Gasteiger partial charge in [-0.3, -0.25) is 4.79 Å². The van der Waals surface area contributed by atoms with Gasteiger partial charge < -0.3 is 9.84 Å². The minimum atomic E-state index is -0.692. The first-order chi connectivity index (χ1) is 6.04. The average molecular weight is 318 g/mol. The van der Waals surface area contributed by atoms with E-state index in [4.69, 9.17) is 5.11 Å². The molecule has 0 aliphatic heterocycles. The fourth-order valence-corrected chi connectivity index (χ4v) is 0.687. The van der Waals surface area contributed by atoms with Crippen molar-refractivity contribution in [1.29, 1.82) is 0 Å². The lowest BCUT2D eigenvalue weighted by molar-refractivity contribution is -0.146. The van der Waals surface area contributed by atoms with Gasteiger partial charge in [0.2, 0.25) is 0 Å². The highest BCUT2D eigenvalue weighted by Crippen LogP contribution is 2.21. The number of hydrogen-bond donors (Lipinski definition) is 1. The minimum Gasteiger partial charge on any atom is -0.462 e. The Balaban J connectivity index is 0. The summed E-state index contributed by atoms with van der Waals surface area (Å²) in [4.78, 5) is 11.0. The maximum atomic E-state index is 11.0. The lowest BCUT2D eigenvalue weighted by atomic mass is 10.2. The number of alkyl halides is 2. The summed E-state index contributed by atoms with van der Waals surface area (Å²) in [5.74, 6) is -0.372. The second kappa shape index (κ2) is 8.72. The van der Waals surface area contributed by atoms with E-state index in [2.05, 4.69) is 49.8 Å². The van der Waals surface area contributed by atoms with Crippen LogP contribution in [0, 0.1) is 0 Å². The number of hydrogen-bond acceptors (Lipinski definition) is 3. The largest absolute Gasteiger partial charge is 0.462 e. The maximum Gasteiger partial charge on any atom is 0.323 e. The molecule has 0 fully saturated rings. The second-order valence-electron chi connectivity index (χ2n) is 2.19. The standard InChI is InChI=1S/C6H10Br2O3.C2H4/c1-6(8,4-7)5(10)11-3-2-9;1-2/h9H,2-4H2,1H3;1-2H2. The van der Waals surface area contributed by atoms with Crippen LogP contribution in [-0.4, -0.2) is 33.9 Å². The van der Waals surface area contributed by atoms with Gasteiger partial charge in [0.25, 0.3) is 0 Å². The van der Waals surface area contributed by atoms with Gasteiger partial charge in [0.05, 0.1) is 6.61 Å². The third kappa shape index (κ3) is 7.22. The predicted molar refractivity (Wildman–Crippen MR) is 60.4 cm³/mol. The van der Waals surface area contributed by atoms with Gasteiger partial charge in [-0.15, -0.1) is 13.2 Å². The Morgan fingerprint density at radius 2 is 2.08 bits per heavy atom. The first kappa shape index (κ1) is 15.6. The molecule has 0 aromatic heterocycles. The molecule has 1 atom stereocenters. The number of rotatable bonds is 4. The summed E-state index contributed by atoms with van der Waals surface area (Å²) in [5, 5.41) is 8.83. The van der Waals surface area contributed by atoms with Crippen LogP contribution in [0.4, 0.5) is 0 Å². The van der Waals surface area contributed by atoms with Gasteiger partial charge in [-0.1, -0.05) is 31.9 Å². The highest BCUT2D eigenvalue weighted by molar-refractivity contribution is 9.12. The number of halogens is 2. The van der Waals surface area contributed by atoms with Gasteiger partial charge in [-0.05, 0) is 6.92 Å². The van der Waals surface area contributed by atoms with E-state index in [1.807, 2.05) is 0 Å². The van der Waals surface area contributed by atoms with Crippen molar-refractivity contribution in [3.8, 4) is 0 Å². The normalized spacial score (nSPS) is 13.5. The molecule has 3 nitrogen and oxygen atoms in total. The Morgan fingerprint density at radius 1 is 1.62 bits per heavy atom. The van der Waals surface area contributed by atoms with Crippen molar-refractivity contribution in [2.75, 3.05) is 18.5 Å². The maximum absolute atomic E-state index is 11.0. The van der Waals surface area contributed by atoms with E-state index in [0.29, 0.717) is 5.33 Å². The Hall–Kier alpha value is 0.130. The van der Waals surface area contributed by atoms with E-state index in [0.717, 1.165) is 0 Å². The fraction of sp³-hybridized carbons (Fsp3) is 0.625. The first-order valence-electron chi connectivity index (χ1n) is 3.57. The van der Waals surface area contributed by atoms with E-state index >= 15 is 0 Å². The van der Waals surface area contributed by atoms with Crippen LogP contribution in [0.5, 0.6) is 0 Å². The van der Waals surface area contributed by atoms with Crippen molar-refractivity contribution in [1.82, 2.24) is 0 Å². The number of aliphatic hydroxyl groups is 1. The summed E-state index contributed by atoms with van der Waals surface area (Å²) in [6, 6.07) is 0. The fourth-order valence-electron chi connectivity index (χ4n) is 0.343. The summed E-state index contributed by atoms with van der Waals surface area (Å²) < 4.78 is 3.99. The molecule has 13 heavy (non-hydrogen) atoms. The average Bonchev–Trinajstić information content (AvgIpc) is 2.17. The van der Waals surface area contributed by atoms with E-state index in [1.165, 1.54) is 0 Å². The highest BCUT2D eigenvalue weighted by Gasteiger charge is 2.30. The van der Waals surface area contributed by atoms with Gasteiger partial charge >= 0.3 is 5.97 Å². The zero-order chi connectivity index (χ0) is 10.9. The number of aliphatic hydroxyl groups excluding tert-OH is 1. The van der Waals surface area contributed by atoms with Crippen molar-refractivity contribution in [2.24, 2.45) is 0 Å². The molecule has 0 aliphatic carbocycles. The van der Waals surface area contributed by atoms with Crippen LogP contribution in [0.15, 0.2) is 13.2 Å². The zero-order valence-corrected chi connectivity index (χ0v) is 10.7. The van der Waals surface area contributed by atoms with E-state index < -0.39 is 4.32 Å². The van der Waals surface area contributed by atoms with Crippen LogP contribution in [0.1, 0.15) is 6.92 Å². The molecule has 0 amide bonds. The summed E-state index contributed by atoms with van der Waals surface area (Å²) >= 11 is 6.33. The molecule has 0 saturated carbocycles.